The Morgan fingerprint density at radius 1 is 0.248 bits per heavy atom. The molecular weight excluding hydrogens is 1870 g/mol. The highest BCUT2D eigenvalue weighted by atomic mass is 31.2. The minimum Gasteiger partial charge on any atom is -0.404 e. The summed E-state index contributed by atoms with van der Waals surface area (Å²) in [7, 11) is -19.6. The van der Waals surface area contributed by atoms with E-state index in [2.05, 4.69) is 62.0 Å². The first-order chi connectivity index (χ1) is 72.3. The van der Waals surface area contributed by atoms with Crippen molar-refractivity contribution in [3.63, 3.8) is 0 Å². The number of nitrogens with one attached hydrogen (secondary N) is 7. The third-order valence-electron chi connectivity index (χ3n) is 17.3. The molecule has 0 saturated carbocycles. The fourth-order valence-electron chi connectivity index (χ4n) is 12.3. The van der Waals surface area contributed by atoms with E-state index in [9.17, 15) is 32.0 Å². The van der Waals surface area contributed by atoms with Crippen molar-refractivity contribution in [1.82, 2.24) is 69.2 Å². The Balaban J connectivity index is 0.000000225. The van der Waals surface area contributed by atoms with E-state index in [1.54, 1.807) is 91.9 Å². The van der Waals surface area contributed by atoms with E-state index in [1.807, 2.05) is 19.0 Å². The molecule has 49 heteroatoms. The van der Waals surface area contributed by atoms with Gasteiger partial charge in [0.25, 0.3) is 0 Å². The first-order valence-corrected chi connectivity index (χ1v) is 49.1. The van der Waals surface area contributed by atoms with Gasteiger partial charge < -0.3 is 101 Å². The lowest BCUT2D eigenvalue weighted by Crippen LogP contribution is -2.14. The van der Waals surface area contributed by atoms with Gasteiger partial charge in [-0.25, -0.2) is 32.0 Å². The van der Waals surface area contributed by atoms with Gasteiger partial charge in [-0.15, -0.1) is 0 Å². The molecular formula is C84H119N14O28P7. The standard InChI is InChI=1S/7C12H17N2O4P/c7*1-14(2)7-6-9-8-13-10-4-3-5-11(12(9)10)18-19(15,16)17/h7*3-5,8,13H,6-7H2,1-2H3,(H2,15,16,17)/i1D3,7D2;2*1D3,6D2;2*1D3,6D;6D2;6D. The fourth-order valence-corrected chi connectivity index (χ4v) is 15.1. The van der Waals surface area contributed by atoms with E-state index in [-0.39, 0.29) is 88.2 Å². The van der Waals surface area contributed by atoms with Crippen molar-refractivity contribution in [2.75, 3.05) is 144 Å². The number of likely N-dealkylation sites (N-methyl/N-ethyl adjacent to an activating group) is 7. The van der Waals surface area contributed by atoms with Gasteiger partial charge in [-0.2, -0.15) is 0 Å². The molecule has 0 aliphatic carbocycles. The molecule has 0 aliphatic rings. The predicted octanol–water partition coefficient (Wildman–Crippen LogP) is 12.2. The zero-order chi connectivity index (χ0) is 121. The molecule has 7 aromatic heterocycles. The van der Waals surface area contributed by atoms with Gasteiger partial charge in [-0.3, -0.25) is 68.5 Å². The van der Waals surface area contributed by atoms with E-state index < -0.39 is 148 Å². The van der Waals surface area contributed by atoms with Gasteiger partial charge in [0.15, 0.2) is 0 Å². The number of aromatic amines is 7. The van der Waals surface area contributed by atoms with Crippen molar-refractivity contribution < 1.29 is 168 Å². The summed E-state index contributed by atoms with van der Waals surface area (Å²) < 4.78 is 310. The van der Waals surface area contributed by atoms with Gasteiger partial charge >= 0.3 is 54.8 Å². The third kappa shape index (κ3) is 36.4. The highest BCUT2D eigenvalue weighted by Crippen LogP contribution is 2.49. The van der Waals surface area contributed by atoms with Crippen LogP contribution < -0.4 is 31.7 Å². The van der Waals surface area contributed by atoms with Crippen molar-refractivity contribution in [1.29, 1.82) is 0 Å². The van der Waals surface area contributed by atoms with Crippen LogP contribution in [-0.2, 0) is 76.7 Å². The number of nitrogens with zero attached hydrogens (tertiary/aromatic N) is 7. The molecule has 14 rings (SSSR count). The van der Waals surface area contributed by atoms with Crippen molar-refractivity contribution in [3.8, 4) is 40.2 Å². The van der Waals surface area contributed by atoms with E-state index >= 15 is 0 Å². The van der Waals surface area contributed by atoms with Gasteiger partial charge in [-0.1, -0.05) is 42.5 Å². The maximum Gasteiger partial charge on any atom is 0.524 e. The second-order valence-electron chi connectivity index (χ2n) is 29.0. The van der Waals surface area contributed by atoms with E-state index in [0.29, 0.717) is 105 Å². The molecule has 21 N–H and O–H groups in total. The van der Waals surface area contributed by atoms with E-state index in [4.69, 9.17) is 109 Å². The summed E-state index contributed by atoms with van der Waals surface area (Å²) in [5, 5.41) is 2.20. The van der Waals surface area contributed by atoms with Gasteiger partial charge in [0.1, 0.15) is 40.2 Å². The number of H-pyrrole nitrogens is 7. The molecule has 133 heavy (non-hydrogen) atoms. The molecule has 0 saturated heterocycles. The van der Waals surface area contributed by atoms with E-state index in [0.717, 1.165) is 26.6 Å². The molecule has 0 aliphatic heterocycles. The number of aryl methyl sites for hydroxylation is 1. The van der Waals surface area contributed by atoms with Crippen LogP contribution in [0.25, 0.3) is 76.3 Å². The Labute approximate surface area is 804 Å². The fraction of sp³-hybridized carbons (Fsp3) is 0.333. The molecule has 7 aromatic carbocycles. The lowest BCUT2D eigenvalue weighted by atomic mass is 10.1. The zero-order valence-corrected chi connectivity index (χ0v) is 78.3. The molecule has 3 atom stereocenters. The Kier molecular flexibility index (Phi) is 27.6. The van der Waals surface area contributed by atoms with Crippen LogP contribution in [0.2, 0.25) is 0 Å². The van der Waals surface area contributed by atoms with Crippen LogP contribution in [0.1, 0.15) is 74.6 Å². The van der Waals surface area contributed by atoms with Gasteiger partial charge in [0.05, 0.1) is 0 Å². The van der Waals surface area contributed by atoms with Crippen molar-refractivity contribution in [2.45, 2.75) is 44.7 Å². The monoisotopic (exact) mass is 2010 g/mol. The Bertz CT molecular complexity index is 7410. The summed E-state index contributed by atoms with van der Waals surface area (Å²) in [5.74, 6) is -0.538. The van der Waals surface area contributed by atoms with Crippen LogP contribution in [0, 0.1) is 0 Å². The first-order valence-electron chi connectivity index (χ1n) is 51.6. The third-order valence-corrected chi connectivity index (χ3v) is 20.4. The molecule has 0 spiro atoms. The minimum atomic E-state index is -4.83. The Hall–Kier alpha value is -9.31. The molecule has 42 nitrogen and oxygen atoms in total. The number of phosphoric acid groups is 7. The second kappa shape index (κ2) is 48.4. The second-order valence-corrected chi connectivity index (χ2v) is 37.1. The van der Waals surface area contributed by atoms with Gasteiger partial charge in [0, 0.05) is 201 Å². The average Bonchev–Trinajstić information content (AvgIpc) is 1.61. The van der Waals surface area contributed by atoms with Crippen molar-refractivity contribution in [2.24, 2.45) is 0 Å². The number of rotatable bonds is 35. The number of phosphoric ester groups is 7. The number of benzene rings is 7. The van der Waals surface area contributed by atoms with Crippen LogP contribution >= 0.6 is 54.8 Å². The quantitative estimate of drug-likeness (QED) is 0.0164. The molecule has 14 aromatic rings. The van der Waals surface area contributed by atoms with Crippen LogP contribution in [0.3, 0.4) is 0 Å². The van der Waals surface area contributed by atoms with Crippen molar-refractivity contribution in [3.05, 3.63) is 210 Å². The van der Waals surface area contributed by atoms with Crippen LogP contribution in [-0.4, -0.2) is 282 Å². The molecule has 0 bridgehead atoms. The summed E-state index contributed by atoms with van der Waals surface area (Å²) in [5.41, 5.74) is 5.84. The number of fused-ring (bicyclic) bond motifs is 7. The molecule has 728 valence electrons. The minimum absolute atomic E-state index is 0.0419. The van der Waals surface area contributed by atoms with Gasteiger partial charge in [0.2, 0.25) is 0 Å². The normalized spacial score (nSPS) is 16.8. The molecule has 0 radical (unpaired) electrons. The molecule has 0 fully saturated rings. The molecule has 0 amide bonds. The summed E-state index contributed by atoms with van der Waals surface area (Å²) in [6, 6.07) is 32.1. The smallest absolute Gasteiger partial charge is 0.404 e. The predicted molar refractivity (Wildman–Crippen MR) is 513 cm³/mol. The maximum atomic E-state index is 11.1. The summed E-state index contributed by atoms with van der Waals surface area (Å²) in [6.45, 7) is -14.8. The van der Waals surface area contributed by atoms with Crippen molar-refractivity contribution >= 4 is 131 Å². The maximum absolute atomic E-state index is 11.1. The van der Waals surface area contributed by atoms with Crippen LogP contribution in [0.5, 0.6) is 40.2 Å². The zero-order valence-electron chi connectivity index (χ0n) is 98.1. The number of hydrogen-bond donors (Lipinski definition) is 21. The number of aromatic nitrogens is 7. The van der Waals surface area contributed by atoms with E-state index in [1.165, 1.54) is 126 Å². The Morgan fingerprint density at radius 2 is 0.421 bits per heavy atom. The van der Waals surface area contributed by atoms with Crippen LogP contribution in [0.15, 0.2) is 171 Å². The number of hydrogen-bond acceptors (Lipinski definition) is 21. The molecule has 7 heterocycles. The summed E-state index contributed by atoms with van der Waals surface area (Å²) >= 11 is 0. The highest BCUT2D eigenvalue weighted by Gasteiger charge is 2.28. The molecule has 3 unspecified atom stereocenters. The SMILES string of the molecule is [2H]C(CN(C)C([2H])([2H])[2H])c1c[nH]c2cccc(OP(=O)(O)O)c12.[2H]C(CN(C)C([2H])([2H])[2H])c1c[nH]c2cccc(OP(=O)(O)O)c12.[2H]C(CN(C)C)c1c[nH]c2cccc(OP(=O)(O)O)c12.[2H]C([2H])(CN(C)C([2H])([2H])[2H])c1c[nH]c2cccc(OP(=O)(O)O)c12.[2H]C([2H])(CN(C)C([2H])([2H])[2H])c1c[nH]c2cccc(OP(=O)(O)O)c12.[2H]C([2H])(CN(C)C)c1c[nH]c2cccc(OP(=O)(O)O)c12.[2H]C([2H])([2H])N(C)C([2H])([2H])Cc1c[nH]c2cccc(OP(=O)(O)O)c12. The topological polar surface area (TPSA) is 601 Å². The van der Waals surface area contributed by atoms with Crippen LogP contribution in [0.4, 0.5) is 0 Å². The Morgan fingerprint density at radius 3 is 0.624 bits per heavy atom. The average molecular weight is 2020 g/mol. The van der Waals surface area contributed by atoms with Gasteiger partial charge in [-0.05, 0) is 267 Å². The summed E-state index contributed by atoms with van der Waals surface area (Å²) in [4.78, 5) is 154. The highest BCUT2D eigenvalue weighted by molar-refractivity contribution is 7.48. The first kappa shape index (κ1) is 75.8. The summed E-state index contributed by atoms with van der Waals surface area (Å²) in [6.07, 6.45) is 1.72. The largest absolute Gasteiger partial charge is 0.524 e. The lowest BCUT2D eigenvalue weighted by Gasteiger charge is -2.11. The lowest BCUT2D eigenvalue weighted by molar-refractivity contribution is 0.282.